The lowest BCUT2D eigenvalue weighted by molar-refractivity contribution is -0.144. The standard InChI is InChI=1S/C23H31N3O4S/c24-22(27)21-16-19-8-4-5-9-20(19)26(21)23(28)18-10-13-25(14-11-18)31(29,30)15-12-17-6-2-1-3-7-17/h1-3,6-7,12,15,18-21H,4-5,8-11,13-14,16H2,(H2,24,27)/b15-12+. The second-order valence-corrected chi connectivity index (χ2v) is 10.8. The van der Waals surface area contributed by atoms with Crippen molar-refractivity contribution in [2.45, 2.75) is 57.0 Å². The third-order valence-electron chi connectivity index (χ3n) is 7.07. The lowest BCUT2D eigenvalue weighted by Crippen LogP contribution is -2.52. The number of carbonyl (C=O) groups is 2. The van der Waals surface area contributed by atoms with Gasteiger partial charge in [-0.25, -0.2) is 8.42 Å². The normalized spacial score (nSPS) is 28.0. The molecule has 3 aliphatic rings. The van der Waals surface area contributed by atoms with Crippen LogP contribution in [0.2, 0.25) is 0 Å². The van der Waals surface area contributed by atoms with Crippen LogP contribution in [-0.2, 0) is 19.6 Å². The number of nitrogens with two attached hydrogens (primary N) is 1. The van der Waals surface area contributed by atoms with Crippen LogP contribution in [0, 0.1) is 11.8 Å². The molecule has 3 atom stereocenters. The molecule has 2 amide bonds. The van der Waals surface area contributed by atoms with E-state index in [1.165, 1.54) is 9.71 Å². The molecule has 1 saturated carbocycles. The van der Waals surface area contributed by atoms with E-state index < -0.39 is 22.0 Å². The lowest BCUT2D eigenvalue weighted by Gasteiger charge is -2.37. The molecule has 0 radical (unpaired) electrons. The van der Waals surface area contributed by atoms with Gasteiger partial charge in [-0.1, -0.05) is 43.2 Å². The molecule has 2 N–H and O–H groups in total. The molecular formula is C23H31N3O4S. The van der Waals surface area contributed by atoms with Crippen LogP contribution in [0.15, 0.2) is 35.7 Å². The first kappa shape index (κ1) is 22.0. The molecular weight excluding hydrogens is 414 g/mol. The van der Waals surface area contributed by atoms with Gasteiger partial charge in [-0.3, -0.25) is 9.59 Å². The minimum Gasteiger partial charge on any atom is -0.368 e. The molecule has 1 aromatic rings. The number of likely N-dealkylation sites (tertiary alicyclic amines) is 1. The zero-order chi connectivity index (χ0) is 22.0. The van der Waals surface area contributed by atoms with Crippen molar-refractivity contribution in [3.8, 4) is 0 Å². The number of amides is 2. The van der Waals surface area contributed by atoms with Crippen LogP contribution in [-0.4, -0.2) is 54.6 Å². The van der Waals surface area contributed by atoms with E-state index in [0.29, 0.717) is 38.3 Å². The number of primary amides is 1. The smallest absolute Gasteiger partial charge is 0.240 e. The predicted octanol–water partition coefficient (Wildman–Crippen LogP) is 2.34. The molecule has 0 bridgehead atoms. The maximum Gasteiger partial charge on any atom is 0.240 e. The van der Waals surface area contributed by atoms with Crippen molar-refractivity contribution in [1.29, 1.82) is 0 Å². The van der Waals surface area contributed by atoms with Crippen LogP contribution < -0.4 is 5.73 Å². The highest BCUT2D eigenvalue weighted by molar-refractivity contribution is 7.92. The van der Waals surface area contributed by atoms with Gasteiger partial charge in [0.05, 0.1) is 0 Å². The van der Waals surface area contributed by atoms with Crippen molar-refractivity contribution in [3.63, 3.8) is 0 Å². The Kier molecular flexibility index (Phi) is 6.48. The van der Waals surface area contributed by atoms with Crippen molar-refractivity contribution in [2.75, 3.05) is 13.1 Å². The van der Waals surface area contributed by atoms with Crippen LogP contribution in [0.3, 0.4) is 0 Å². The summed E-state index contributed by atoms with van der Waals surface area (Å²) >= 11 is 0. The molecule has 0 aromatic heterocycles. The Morgan fingerprint density at radius 1 is 1.00 bits per heavy atom. The van der Waals surface area contributed by atoms with Gasteiger partial charge in [0, 0.05) is 30.5 Å². The highest BCUT2D eigenvalue weighted by Crippen LogP contribution is 2.41. The molecule has 3 unspecified atom stereocenters. The van der Waals surface area contributed by atoms with E-state index in [-0.39, 0.29) is 17.9 Å². The summed E-state index contributed by atoms with van der Waals surface area (Å²) < 4.78 is 26.8. The highest BCUT2D eigenvalue weighted by Gasteiger charge is 2.48. The molecule has 7 nitrogen and oxygen atoms in total. The van der Waals surface area contributed by atoms with Gasteiger partial charge < -0.3 is 10.6 Å². The van der Waals surface area contributed by atoms with Crippen molar-refractivity contribution in [2.24, 2.45) is 17.6 Å². The molecule has 2 aliphatic heterocycles. The van der Waals surface area contributed by atoms with Crippen LogP contribution in [0.25, 0.3) is 6.08 Å². The number of sulfonamides is 1. The minimum absolute atomic E-state index is 0.0184. The van der Waals surface area contributed by atoms with E-state index in [2.05, 4.69) is 0 Å². The summed E-state index contributed by atoms with van der Waals surface area (Å²) in [6, 6.07) is 8.88. The van der Waals surface area contributed by atoms with Crippen LogP contribution in [0.1, 0.15) is 50.5 Å². The number of rotatable bonds is 5. The Morgan fingerprint density at radius 2 is 1.68 bits per heavy atom. The van der Waals surface area contributed by atoms with Crippen molar-refractivity contribution >= 4 is 27.9 Å². The van der Waals surface area contributed by atoms with Crippen molar-refractivity contribution in [1.82, 2.24) is 9.21 Å². The number of carbonyl (C=O) groups excluding carboxylic acids is 2. The van der Waals surface area contributed by atoms with E-state index >= 15 is 0 Å². The summed E-state index contributed by atoms with van der Waals surface area (Å²) in [4.78, 5) is 27.2. The monoisotopic (exact) mass is 445 g/mol. The summed E-state index contributed by atoms with van der Waals surface area (Å²) in [6.45, 7) is 0.613. The zero-order valence-electron chi connectivity index (χ0n) is 17.7. The number of hydrogen-bond donors (Lipinski definition) is 1. The zero-order valence-corrected chi connectivity index (χ0v) is 18.5. The third-order valence-corrected chi connectivity index (χ3v) is 8.63. The maximum absolute atomic E-state index is 13.4. The fraction of sp³-hybridized carbons (Fsp3) is 0.565. The van der Waals surface area contributed by atoms with E-state index in [1.807, 2.05) is 30.3 Å². The number of fused-ring (bicyclic) bond motifs is 1. The van der Waals surface area contributed by atoms with Gasteiger partial charge in [-0.2, -0.15) is 4.31 Å². The summed E-state index contributed by atoms with van der Waals surface area (Å²) in [5.41, 5.74) is 6.47. The highest BCUT2D eigenvalue weighted by atomic mass is 32.2. The number of nitrogens with zero attached hydrogens (tertiary/aromatic N) is 2. The first-order chi connectivity index (χ1) is 14.9. The molecule has 1 aromatic carbocycles. The Hall–Kier alpha value is -2.19. The van der Waals surface area contributed by atoms with E-state index in [0.717, 1.165) is 31.2 Å². The van der Waals surface area contributed by atoms with Gasteiger partial charge in [0.2, 0.25) is 21.8 Å². The minimum atomic E-state index is -3.54. The molecule has 31 heavy (non-hydrogen) atoms. The average Bonchev–Trinajstić information content (AvgIpc) is 3.18. The summed E-state index contributed by atoms with van der Waals surface area (Å²) in [6.07, 6.45) is 7.39. The summed E-state index contributed by atoms with van der Waals surface area (Å²) in [5.74, 6) is -0.338. The van der Waals surface area contributed by atoms with Gasteiger partial charge >= 0.3 is 0 Å². The van der Waals surface area contributed by atoms with E-state index in [1.54, 1.807) is 11.0 Å². The Morgan fingerprint density at radius 3 is 2.35 bits per heavy atom. The van der Waals surface area contributed by atoms with Gasteiger partial charge in [-0.15, -0.1) is 0 Å². The number of benzene rings is 1. The van der Waals surface area contributed by atoms with Crippen LogP contribution in [0.4, 0.5) is 0 Å². The molecule has 2 heterocycles. The Bertz CT molecular complexity index is 939. The topological polar surface area (TPSA) is 101 Å². The average molecular weight is 446 g/mol. The van der Waals surface area contributed by atoms with Crippen LogP contribution >= 0.6 is 0 Å². The quantitative estimate of drug-likeness (QED) is 0.752. The molecule has 3 fully saturated rings. The number of hydrogen-bond acceptors (Lipinski definition) is 4. The second kappa shape index (κ2) is 9.12. The van der Waals surface area contributed by atoms with Crippen LogP contribution in [0.5, 0.6) is 0 Å². The first-order valence-corrected chi connectivity index (χ1v) is 12.7. The second-order valence-electron chi connectivity index (χ2n) is 8.94. The summed E-state index contributed by atoms with van der Waals surface area (Å²) in [7, 11) is -3.54. The van der Waals surface area contributed by atoms with Gasteiger partial charge in [-0.05, 0) is 49.7 Å². The van der Waals surface area contributed by atoms with Gasteiger partial charge in [0.15, 0.2) is 0 Å². The number of piperidine rings is 1. The van der Waals surface area contributed by atoms with E-state index in [9.17, 15) is 18.0 Å². The van der Waals surface area contributed by atoms with Crippen molar-refractivity contribution in [3.05, 3.63) is 41.3 Å². The van der Waals surface area contributed by atoms with Gasteiger partial charge in [0.25, 0.3) is 0 Å². The molecule has 4 rings (SSSR count). The Balaban J connectivity index is 1.40. The third kappa shape index (κ3) is 4.70. The van der Waals surface area contributed by atoms with Crippen molar-refractivity contribution < 1.29 is 18.0 Å². The fourth-order valence-corrected chi connectivity index (χ4v) is 6.63. The fourth-order valence-electron chi connectivity index (χ4n) is 5.41. The molecule has 0 spiro atoms. The van der Waals surface area contributed by atoms with Gasteiger partial charge in [0.1, 0.15) is 6.04 Å². The predicted molar refractivity (Wildman–Crippen MR) is 119 cm³/mol. The molecule has 2 saturated heterocycles. The SMILES string of the molecule is NC(=O)C1CC2CCCCC2N1C(=O)C1CCN(S(=O)(=O)/C=C/c2ccccc2)CC1. The Labute approximate surface area is 184 Å². The molecule has 8 heteroatoms. The first-order valence-electron chi connectivity index (χ1n) is 11.2. The maximum atomic E-state index is 13.4. The molecule has 168 valence electrons. The summed E-state index contributed by atoms with van der Waals surface area (Å²) in [5, 5.41) is 1.24. The largest absolute Gasteiger partial charge is 0.368 e. The molecule has 1 aliphatic carbocycles. The van der Waals surface area contributed by atoms with E-state index in [4.69, 9.17) is 5.73 Å². The lowest BCUT2D eigenvalue weighted by atomic mass is 9.84.